The minimum absolute atomic E-state index is 0.0979. The fourth-order valence-electron chi connectivity index (χ4n) is 2.46. The van der Waals surface area contributed by atoms with E-state index in [1.54, 1.807) is 18.2 Å². The number of aryl methyl sites for hydroxylation is 1. The second-order valence-corrected chi connectivity index (χ2v) is 5.86. The molecular weight excluding hydrogens is 311 g/mol. The summed E-state index contributed by atoms with van der Waals surface area (Å²) >= 11 is 11.8. The highest BCUT2D eigenvalue weighted by Crippen LogP contribution is 2.25. The van der Waals surface area contributed by atoms with Gasteiger partial charge in [-0.1, -0.05) is 23.2 Å². The van der Waals surface area contributed by atoms with E-state index in [1.807, 2.05) is 6.20 Å². The highest BCUT2D eigenvalue weighted by Gasteiger charge is 2.21. The lowest BCUT2D eigenvalue weighted by Crippen LogP contribution is -2.41. The van der Waals surface area contributed by atoms with Crippen LogP contribution >= 0.6 is 23.2 Å². The number of halogens is 2. The van der Waals surface area contributed by atoms with Crippen LogP contribution in [-0.4, -0.2) is 22.3 Å². The monoisotopic (exact) mass is 324 g/mol. The number of benzene rings is 1. The first kappa shape index (κ1) is 14.2. The molecule has 1 aliphatic rings. The van der Waals surface area contributed by atoms with Gasteiger partial charge in [0.15, 0.2) is 0 Å². The smallest absolute Gasteiger partial charge is 0.319 e. The summed E-state index contributed by atoms with van der Waals surface area (Å²) < 4.78 is 0. The lowest BCUT2D eigenvalue weighted by Gasteiger charge is -2.23. The van der Waals surface area contributed by atoms with Crippen molar-refractivity contribution >= 4 is 34.9 Å². The van der Waals surface area contributed by atoms with Crippen molar-refractivity contribution in [3.8, 4) is 0 Å². The van der Waals surface area contributed by atoms with Crippen LogP contribution in [0.2, 0.25) is 10.0 Å². The maximum Gasteiger partial charge on any atom is 0.319 e. The minimum Gasteiger partial charge on any atom is -0.335 e. The molecule has 1 unspecified atom stereocenters. The van der Waals surface area contributed by atoms with E-state index in [-0.39, 0.29) is 12.1 Å². The Bertz CT molecular complexity index is 671. The molecule has 0 fully saturated rings. The Balaban J connectivity index is 1.58. The number of carbonyl (C=O) groups is 1. The normalized spacial score (nSPS) is 17.1. The van der Waals surface area contributed by atoms with Crippen molar-refractivity contribution in [1.82, 2.24) is 15.5 Å². The molecule has 0 bridgehead atoms. The van der Waals surface area contributed by atoms with E-state index in [2.05, 4.69) is 20.8 Å². The first-order valence-electron chi connectivity index (χ1n) is 6.65. The largest absolute Gasteiger partial charge is 0.335 e. The SMILES string of the molecule is O=C(Nc1ccc(Cl)c(Cl)c1)NC1CCc2cn[nH]c2C1. The number of carbonyl (C=O) groups excluding carboxylic acids is 1. The topological polar surface area (TPSA) is 69.8 Å². The Morgan fingerprint density at radius 2 is 2.19 bits per heavy atom. The zero-order valence-electron chi connectivity index (χ0n) is 11.1. The number of hydrogen-bond donors (Lipinski definition) is 3. The molecule has 0 saturated carbocycles. The molecule has 3 rings (SSSR count). The lowest BCUT2D eigenvalue weighted by atomic mass is 9.94. The van der Waals surface area contributed by atoms with Crippen LogP contribution < -0.4 is 10.6 Å². The van der Waals surface area contributed by atoms with Gasteiger partial charge in [0.2, 0.25) is 0 Å². The van der Waals surface area contributed by atoms with Crippen molar-refractivity contribution in [2.75, 3.05) is 5.32 Å². The maximum absolute atomic E-state index is 12.0. The number of aromatic amines is 1. The zero-order valence-corrected chi connectivity index (χ0v) is 12.6. The van der Waals surface area contributed by atoms with Gasteiger partial charge in [0.25, 0.3) is 0 Å². The molecule has 110 valence electrons. The van der Waals surface area contributed by atoms with Crippen molar-refractivity contribution in [1.29, 1.82) is 0 Å². The number of H-pyrrole nitrogens is 1. The molecule has 2 amide bonds. The molecule has 1 heterocycles. The van der Waals surface area contributed by atoms with E-state index < -0.39 is 0 Å². The number of nitrogens with zero attached hydrogens (tertiary/aromatic N) is 1. The first-order valence-corrected chi connectivity index (χ1v) is 7.41. The van der Waals surface area contributed by atoms with Gasteiger partial charge in [-0.15, -0.1) is 0 Å². The van der Waals surface area contributed by atoms with Crippen molar-refractivity contribution in [3.63, 3.8) is 0 Å². The third-order valence-corrected chi connectivity index (χ3v) is 4.27. The Labute approximate surface area is 132 Å². The van der Waals surface area contributed by atoms with Crippen LogP contribution in [0.3, 0.4) is 0 Å². The molecule has 1 atom stereocenters. The van der Waals surface area contributed by atoms with Gasteiger partial charge < -0.3 is 10.6 Å². The molecule has 1 aliphatic carbocycles. The predicted octanol–water partition coefficient (Wildman–Crippen LogP) is 3.40. The number of urea groups is 1. The molecule has 0 radical (unpaired) electrons. The van der Waals surface area contributed by atoms with E-state index in [0.29, 0.717) is 15.7 Å². The molecule has 0 aliphatic heterocycles. The molecule has 5 nitrogen and oxygen atoms in total. The maximum atomic E-state index is 12.0. The lowest BCUT2D eigenvalue weighted by molar-refractivity contribution is 0.247. The van der Waals surface area contributed by atoms with E-state index >= 15 is 0 Å². The van der Waals surface area contributed by atoms with E-state index in [0.717, 1.165) is 25.0 Å². The Kier molecular flexibility index (Phi) is 4.03. The van der Waals surface area contributed by atoms with Gasteiger partial charge in [-0.3, -0.25) is 5.10 Å². The third kappa shape index (κ3) is 3.31. The summed E-state index contributed by atoms with van der Waals surface area (Å²) in [6, 6.07) is 4.83. The van der Waals surface area contributed by atoms with Crippen LogP contribution in [0.5, 0.6) is 0 Å². The molecule has 7 heteroatoms. The van der Waals surface area contributed by atoms with Crippen molar-refractivity contribution in [2.24, 2.45) is 0 Å². The minimum atomic E-state index is -0.249. The van der Waals surface area contributed by atoms with Crippen LogP contribution in [-0.2, 0) is 12.8 Å². The first-order chi connectivity index (χ1) is 10.1. The molecule has 21 heavy (non-hydrogen) atoms. The molecule has 2 aromatic rings. The second kappa shape index (κ2) is 5.95. The number of amides is 2. The summed E-state index contributed by atoms with van der Waals surface area (Å²) in [6.07, 6.45) is 4.44. The molecule has 1 aromatic carbocycles. The highest BCUT2D eigenvalue weighted by molar-refractivity contribution is 6.42. The Hall–Kier alpha value is -1.72. The van der Waals surface area contributed by atoms with Crippen molar-refractivity contribution in [3.05, 3.63) is 45.7 Å². The summed E-state index contributed by atoms with van der Waals surface area (Å²) in [4.78, 5) is 12.0. The number of hydrogen-bond acceptors (Lipinski definition) is 2. The summed E-state index contributed by atoms with van der Waals surface area (Å²) in [5, 5.41) is 13.6. The second-order valence-electron chi connectivity index (χ2n) is 5.04. The standard InChI is InChI=1S/C14H14Cl2N4O/c15-11-4-3-9(5-12(11)16)18-14(21)19-10-2-1-8-7-17-20-13(8)6-10/h3-5,7,10H,1-2,6H2,(H,17,20)(H2,18,19,21). The van der Waals surface area contributed by atoms with Gasteiger partial charge in [0, 0.05) is 23.8 Å². The van der Waals surface area contributed by atoms with Crippen LogP contribution in [0.15, 0.2) is 24.4 Å². The average Bonchev–Trinajstić information content (AvgIpc) is 2.90. The van der Waals surface area contributed by atoms with Crippen LogP contribution in [0.25, 0.3) is 0 Å². The van der Waals surface area contributed by atoms with Gasteiger partial charge in [-0.2, -0.15) is 5.10 Å². The molecular formula is C14H14Cl2N4O. The van der Waals surface area contributed by atoms with Crippen molar-refractivity contribution in [2.45, 2.75) is 25.3 Å². The Morgan fingerprint density at radius 3 is 3.00 bits per heavy atom. The Morgan fingerprint density at radius 1 is 1.33 bits per heavy atom. The van der Waals surface area contributed by atoms with Crippen LogP contribution in [0, 0.1) is 0 Å². The molecule has 3 N–H and O–H groups in total. The number of rotatable bonds is 2. The molecule has 0 spiro atoms. The fraction of sp³-hybridized carbons (Fsp3) is 0.286. The quantitative estimate of drug-likeness (QED) is 0.792. The highest BCUT2D eigenvalue weighted by atomic mass is 35.5. The number of aromatic nitrogens is 2. The number of anilines is 1. The third-order valence-electron chi connectivity index (χ3n) is 3.53. The average molecular weight is 325 g/mol. The van der Waals surface area contributed by atoms with E-state index in [4.69, 9.17) is 23.2 Å². The van der Waals surface area contributed by atoms with Gasteiger partial charge in [-0.05, 0) is 36.6 Å². The number of fused-ring (bicyclic) bond motifs is 1. The summed E-state index contributed by atoms with van der Waals surface area (Å²) in [6.45, 7) is 0. The van der Waals surface area contributed by atoms with Gasteiger partial charge in [0.05, 0.1) is 16.2 Å². The zero-order chi connectivity index (χ0) is 14.8. The molecule has 0 saturated heterocycles. The van der Waals surface area contributed by atoms with Crippen LogP contribution in [0.1, 0.15) is 17.7 Å². The molecule has 1 aromatic heterocycles. The summed E-state index contributed by atoms with van der Waals surface area (Å²) in [7, 11) is 0. The van der Waals surface area contributed by atoms with E-state index in [9.17, 15) is 4.79 Å². The van der Waals surface area contributed by atoms with Crippen molar-refractivity contribution < 1.29 is 4.79 Å². The van der Waals surface area contributed by atoms with E-state index in [1.165, 1.54) is 5.56 Å². The number of nitrogens with one attached hydrogen (secondary N) is 3. The van der Waals surface area contributed by atoms with Crippen LogP contribution in [0.4, 0.5) is 10.5 Å². The van der Waals surface area contributed by atoms with Gasteiger partial charge >= 0.3 is 6.03 Å². The summed E-state index contributed by atoms with van der Waals surface area (Å²) in [5.74, 6) is 0. The summed E-state index contributed by atoms with van der Waals surface area (Å²) in [5.41, 5.74) is 2.94. The van der Waals surface area contributed by atoms with Gasteiger partial charge in [-0.25, -0.2) is 4.79 Å². The predicted molar refractivity (Wildman–Crippen MR) is 83.0 cm³/mol. The van der Waals surface area contributed by atoms with Gasteiger partial charge in [0.1, 0.15) is 0 Å². The fourth-order valence-corrected chi connectivity index (χ4v) is 2.76.